The lowest BCUT2D eigenvalue weighted by atomic mass is 10.0. The summed E-state index contributed by atoms with van der Waals surface area (Å²) in [5.41, 5.74) is 1.02. The molecule has 1 unspecified atom stereocenters. The van der Waals surface area contributed by atoms with Crippen LogP contribution in [-0.4, -0.2) is 30.4 Å². The van der Waals surface area contributed by atoms with E-state index in [0.717, 1.165) is 35.1 Å². The number of hydrogen-bond acceptors (Lipinski definition) is 3. The van der Waals surface area contributed by atoms with Gasteiger partial charge in [0.05, 0.1) is 12.5 Å². The van der Waals surface area contributed by atoms with E-state index in [0.29, 0.717) is 6.42 Å². The Morgan fingerprint density at radius 3 is 2.91 bits per heavy atom. The summed E-state index contributed by atoms with van der Waals surface area (Å²) in [7, 11) is 0. The van der Waals surface area contributed by atoms with Crippen LogP contribution in [0.15, 0.2) is 36.4 Å². The number of nitrogens with one attached hydrogen (secondary N) is 1. The number of hydrogen-bond donors (Lipinski definition) is 1. The van der Waals surface area contributed by atoms with Crippen molar-refractivity contribution in [1.82, 2.24) is 10.2 Å². The molecule has 1 saturated heterocycles. The van der Waals surface area contributed by atoms with Crippen LogP contribution < -0.4 is 5.32 Å². The number of thiophene rings is 1. The lowest BCUT2D eigenvalue weighted by molar-refractivity contribution is -0.133. The third-order valence-electron chi connectivity index (χ3n) is 3.95. The molecular weight excluding hydrogens is 316 g/mol. The van der Waals surface area contributed by atoms with Crippen LogP contribution >= 0.6 is 22.9 Å². The second-order valence-corrected chi connectivity index (χ2v) is 7.30. The van der Waals surface area contributed by atoms with E-state index in [-0.39, 0.29) is 11.9 Å². The van der Waals surface area contributed by atoms with Gasteiger partial charge in [-0.2, -0.15) is 0 Å². The van der Waals surface area contributed by atoms with Crippen LogP contribution in [-0.2, 0) is 11.2 Å². The molecule has 1 fully saturated rings. The van der Waals surface area contributed by atoms with E-state index < -0.39 is 0 Å². The van der Waals surface area contributed by atoms with Gasteiger partial charge in [0.1, 0.15) is 0 Å². The topological polar surface area (TPSA) is 32.3 Å². The Hall–Kier alpha value is -1.36. The highest BCUT2D eigenvalue weighted by atomic mass is 35.5. The van der Waals surface area contributed by atoms with Crippen LogP contribution in [0.5, 0.6) is 0 Å². The summed E-state index contributed by atoms with van der Waals surface area (Å²) in [4.78, 5) is 17.1. The second kappa shape index (κ2) is 6.82. The van der Waals surface area contributed by atoms with Gasteiger partial charge in [-0.05, 0) is 30.7 Å². The van der Waals surface area contributed by atoms with E-state index in [1.54, 1.807) is 11.3 Å². The molecule has 0 bridgehead atoms. The maximum atomic E-state index is 12.7. The van der Waals surface area contributed by atoms with E-state index in [1.165, 1.54) is 4.88 Å². The predicted molar refractivity (Wildman–Crippen MR) is 91.5 cm³/mol. The van der Waals surface area contributed by atoms with Crippen molar-refractivity contribution in [3.8, 4) is 0 Å². The lowest BCUT2D eigenvalue weighted by Gasteiger charge is -2.37. The van der Waals surface area contributed by atoms with Crippen molar-refractivity contribution in [2.24, 2.45) is 0 Å². The fourth-order valence-electron chi connectivity index (χ4n) is 2.86. The number of carbonyl (C=O) groups excluding carboxylic acids is 1. The van der Waals surface area contributed by atoms with Crippen molar-refractivity contribution in [3.05, 3.63) is 56.7 Å². The van der Waals surface area contributed by atoms with E-state index >= 15 is 0 Å². The SMILES string of the molecule is Cc1ccc(CC(=O)N2CCNCC2c2ccccc2Cl)s1. The molecular formula is C17H19ClN2OS. The molecule has 0 saturated carbocycles. The van der Waals surface area contributed by atoms with Crippen molar-refractivity contribution in [2.45, 2.75) is 19.4 Å². The van der Waals surface area contributed by atoms with Crippen molar-refractivity contribution >= 4 is 28.8 Å². The third-order valence-corrected chi connectivity index (χ3v) is 5.29. The van der Waals surface area contributed by atoms with Gasteiger partial charge >= 0.3 is 0 Å². The molecule has 2 heterocycles. The van der Waals surface area contributed by atoms with E-state index in [4.69, 9.17) is 11.6 Å². The van der Waals surface area contributed by atoms with E-state index in [9.17, 15) is 4.79 Å². The van der Waals surface area contributed by atoms with Gasteiger partial charge in [-0.3, -0.25) is 4.79 Å². The number of amides is 1. The molecule has 5 heteroatoms. The fraction of sp³-hybridized carbons (Fsp3) is 0.353. The smallest absolute Gasteiger partial charge is 0.228 e. The molecule has 22 heavy (non-hydrogen) atoms. The molecule has 0 aliphatic carbocycles. The van der Waals surface area contributed by atoms with E-state index in [1.807, 2.05) is 35.2 Å². The Balaban J connectivity index is 1.80. The maximum Gasteiger partial charge on any atom is 0.228 e. The predicted octanol–water partition coefficient (Wildman–Crippen LogP) is 3.43. The summed E-state index contributed by atoms with van der Waals surface area (Å²) in [5, 5.41) is 4.09. The number of halogens is 1. The van der Waals surface area contributed by atoms with Gasteiger partial charge in [0.2, 0.25) is 5.91 Å². The molecule has 116 valence electrons. The van der Waals surface area contributed by atoms with Gasteiger partial charge in [0.25, 0.3) is 0 Å². The molecule has 1 N–H and O–H groups in total. The first-order chi connectivity index (χ1) is 10.6. The van der Waals surface area contributed by atoms with Crippen LogP contribution in [0.3, 0.4) is 0 Å². The second-order valence-electron chi connectivity index (χ2n) is 5.52. The Bertz CT molecular complexity index is 670. The van der Waals surface area contributed by atoms with Gasteiger partial charge in [-0.15, -0.1) is 11.3 Å². The van der Waals surface area contributed by atoms with Gasteiger partial charge in [-0.25, -0.2) is 0 Å². The maximum absolute atomic E-state index is 12.7. The molecule has 1 aromatic heterocycles. The molecule has 1 atom stereocenters. The molecule has 1 aliphatic rings. The highest BCUT2D eigenvalue weighted by Crippen LogP contribution is 2.29. The number of nitrogens with zero attached hydrogens (tertiary/aromatic N) is 1. The Morgan fingerprint density at radius 1 is 1.36 bits per heavy atom. The normalized spacial score (nSPS) is 18.5. The third kappa shape index (κ3) is 3.35. The van der Waals surface area contributed by atoms with Crippen molar-refractivity contribution in [1.29, 1.82) is 0 Å². The monoisotopic (exact) mass is 334 g/mol. The quantitative estimate of drug-likeness (QED) is 0.932. The van der Waals surface area contributed by atoms with Crippen LogP contribution in [0.4, 0.5) is 0 Å². The first-order valence-electron chi connectivity index (χ1n) is 7.45. The highest BCUT2D eigenvalue weighted by Gasteiger charge is 2.29. The molecule has 2 aromatic rings. The minimum atomic E-state index is 0.0102. The lowest BCUT2D eigenvalue weighted by Crippen LogP contribution is -2.49. The molecule has 0 radical (unpaired) electrons. The largest absolute Gasteiger partial charge is 0.333 e. The fourth-order valence-corrected chi connectivity index (χ4v) is 4.00. The molecule has 1 aliphatic heterocycles. The molecule has 0 spiro atoms. The summed E-state index contributed by atoms with van der Waals surface area (Å²) >= 11 is 8.02. The van der Waals surface area contributed by atoms with Crippen molar-refractivity contribution in [3.63, 3.8) is 0 Å². The Morgan fingerprint density at radius 2 is 2.18 bits per heavy atom. The average molecular weight is 335 g/mol. The zero-order valence-corrected chi connectivity index (χ0v) is 14.1. The van der Waals surface area contributed by atoms with Crippen molar-refractivity contribution < 1.29 is 4.79 Å². The molecule has 1 amide bonds. The number of carbonyl (C=O) groups is 1. The Labute approximate surface area is 139 Å². The Kier molecular flexibility index (Phi) is 4.81. The summed E-state index contributed by atoms with van der Waals surface area (Å²) in [5.74, 6) is 0.174. The zero-order valence-electron chi connectivity index (χ0n) is 12.5. The highest BCUT2D eigenvalue weighted by molar-refractivity contribution is 7.12. The summed E-state index contributed by atoms with van der Waals surface area (Å²) in [6.45, 7) is 4.37. The van der Waals surface area contributed by atoms with Gasteiger partial charge in [-0.1, -0.05) is 29.8 Å². The first-order valence-corrected chi connectivity index (χ1v) is 8.64. The standard InChI is InChI=1S/C17H19ClN2OS/c1-12-6-7-13(22-12)10-17(21)20-9-8-19-11-16(20)14-4-2-3-5-15(14)18/h2-7,16,19H,8-11H2,1H3. The molecule has 3 nitrogen and oxygen atoms in total. The van der Waals surface area contributed by atoms with Crippen molar-refractivity contribution in [2.75, 3.05) is 19.6 Å². The van der Waals surface area contributed by atoms with Gasteiger partial charge in [0, 0.05) is 34.4 Å². The van der Waals surface area contributed by atoms with E-state index in [2.05, 4.69) is 18.3 Å². The number of aryl methyl sites for hydroxylation is 1. The summed E-state index contributed by atoms with van der Waals surface area (Å²) in [6, 6.07) is 11.9. The van der Waals surface area contributed by atoms with Gasteiger partial charge in [0.15, 0.2) is 0 Å². The average Bonchev–Trinajstić information content (AvgIpc) is 2.93. The van der Waals surface area contributed by atoms with Crippen LogP contribution in [0, 0.1) is 6.92 Å². The summed E-state index contributed by atoms with van der Waals surface area (Å²) in [6.07, 6.45) is 0.472. The minimum Gasteiger partial charge on any atom is -0.333 e. The number of rotatable bonds is 3. The molecule has 3 rings (SSSR count). The number of benzene rings is 1. The minimum absolute atomic E-state index is 0.0102. The van der Waals surface area contributed by atoms with Crippen LogP contribution in [0.25, 0.3) is 0 Å². The zero-order chi connectivity index (χ0) is 15.5. The summed E-state index contributed by atoms with van der Waals surface area (Å²) < 4.78 is 0. The van der Waals surface area contributed by atoms with Gasteiger partial charge < -0.3 is 10.2 Å². The number of piperazine rings is 1. The molecule has 1 aromatic carbocycles. The van der Waals surface area contributed by atoms with Crippen LogP contribution in [0.2, 0.25) is 5.02 Å². The first kappa shape index (κ1) is 15.5. The van der Waals surface area contributed by atoms with Crippen LogP contribution in [0.1, 0.15) is 21.4 Å².